The average Bonchev–Trinajstić information content (AvgIpc) is 2.79. The molecule has 0 heterocycles. The smallest absolute Gasteiger partial charge is 0.0684 e. The first-order valence-electron chi connectivity index (χ1n) is 6.88. The molecule has 2 N–H and O–H groups in total. The Morgan fingerprint density at radius 3 is 2.84 bits per heavy atom. The van der Waals surface area contributed by atoms with Gasteiger partial charge in [0.2, 0.25) is 0 Å². The molecule has 1 unspecified atom stereocenters. The van der Waals surface area contributed by atoms with Crippen LogP contribution in [0.15, 0.2) is 24.3 Å². The highest BCUT2D eigenvalue weighted by Crippen LogP contribution is 2.36. The third-order valence-electron chi connectivity index (χ3n) is 4.14. The molecule has 1 aromatic rings. The summed E-state index contributed by atoms with van der Waals surface area (Å²) in [6.45, 7) is 4.75. The van der Waals surface area contributed by atoms with Gasteiger partial charge >= 0.3 is 0 Å². The predicted octanol–water partition coefficient (Wildman–Crippen LogP) is 2.35. The van der Waals surface area contributed by atoms with Crippen molar-refractivity contribution in [3.05, 3.63) is 35.4 Å². The molecule has 102 valence electrons. The van der Waals surface area contributed by atoms with Crippen LogP contribution < -0.4 is 5.32 Å². The molecule has 19 heavy (non-hydrogen) atoms. The minimum Gasteiger partial charge on any atom is -0.394 e. The van der Waals surface area contributed by atoms with Gasteiger partial charge in [0, 0.05) is 0 Å². The van der Waals surface area contributed by atoms with Gasteiger partial charge in [-0.25, -0.2) is 0 Å². The summed E-state index contributed by atoms with van der Waals surface area (Å²) in [4.78, 5) is 0. The Morgan fingerprint density at radius 2 is 2.16 bits per heavy atom. The molecule has 0 saturated heterocycles. The standard InChI is InChI=1S/C16H22N2O/c1-15(2,11-17)9-10-18-16(12-19)8-7-13-5-3-4-6-14(13)16/h3-6,18-19H,7-10,12H2,1-2H3. The highest BCUT2D eigenvalue weighted by atomic mass is 16.3. The SMILES string of the molecule is CC(C)(C#N)CCNC1(CO)CCc2ccccc21. The quantitative estimate of drug-likeness (QED) is 0.852. The lowest BCUT2D eigenvalue weighted by Crippen LogP contribution is -2.45. The third-order valence-corrected chi connectivity index (χ3v) is 4.14. The second-order valence-electron chi connectivity index (χ2n) is 6.07. The zero-order valence-corrected chi connectivity index (χ0v) is 11.7. The Morgan fingerprint density at radius 1 is 1.42 bits per heavy atom. The fourth-order valence-corrected chi connectivity index (χ4v) is 2.76. The highest BCUT2D eigenvalue weighted by molar-refractivity contribution is 5.38. The van der Waals surface area contributed by atoms with Gasteiger partial charge in [0.05, 0.1) is 23.6 Å². The van der Waals surface area contributed by atoms with Crippen molar-refractivity contribution in [3.8, 4) is 6.07 Å². The third kappa shape index (κ3) is 2.80. The molecule has 1 aliphatic rings. The summed E-state index contributed by atoms with van der Waals surface area (Å²) in [6.07, 6.45) is 2.72. The van der Waals surface area contributed by atoms with Crippen LogP contribution in [0.25, 0.3) is 0 Å². The van der Waals surface area contributed by atoms with Crippen LogP contribution in [0.2, 0.25) is 0 Å². The van der Waals surface area contributed by atoms with Gasteiger partial charge < -0.3 is 10.4 Å². The molecular weight excluding hydrogens is 236 g/mol. The first-order valence-corrected chi connectivity index (χ1v) is 6.88. The molecule has 3 nitrogen and oxygen atoms in total. The lowest BCUT2D eigenvalue weighted by Gasteiger charge is -2.31. The molecule has 0 aromatic heterocycles. The van der Waals surface area contributed by atoms with Crippen LogP contribution in [0.1, 0.15) is 37.8 Å². The van der Waals surface area contributed by atoms with E-state index in [-0.39, 0.29) is 17.6 Å². The van der Waals surface area contributed by atoms with Crippen LogP contribution in [0, 0.1) is 16.7 Å². The number of aliphatic hydroxyl groups excluding tert-OH is 1. The number of fused-ring (bicyclic) bond motifs is 1. The van der Waals surface area contributed by atoms with E-state index in [2.05, 4.69) is 23.5 Å². The molecule has 0 aliphatic heterocycles. The number of hydrogen-bond donors (Lipinski definition) is 2. The minimum absolute atomic E-state index is 0.108. The van der Waals surface area contributed by atoms with E-state index in [4.69, 9.17) is 5.26 Å². The Hall–Kier alpha value is -1.37. The molecule has 0 fully saturated rings. The van der Waals surface area contributed by atoms with Gasteiger partial charge in [0.25, 0.3) is 0 Å². The number of rotatable bonds is 5. The average molecular weight is 258 g/mol. The van der Waals surface area contributed by atoms with Crippen molar-refractivity contribution < 1.29 is 5.11 Å². The summed E-state index contributed by atoms with van der Waals surface area (Å²) < 4.78 is 0. The molecule has 0 amide bonds. The Bertz CT molecular complexity index is 490. The van der Waals surface area contributed by atoms with Crippen LogP contribution in [0.4, 0.5) is 0 Å². The van der Waals surface area contributed by atoms with E-state index in [0.717, 1.165) is 25.8 Å². The van der Waals surface area contributed by atoms with Crippen LogP contribution in [-0.2, 0) is 12.0 Å². The molecule has 1 atom stereocenters. The van der Waals surface area contributed by atoms with Gasteiger partial charge in [-0.05, 0) is 50.8 Å². The second kappa shape index (κ2) is 5.32. The number of nitriles is 1. The molecule has 1 aliphatic carbocycles. The van der Waals surface area contributed by atoms with Crippen LogP contribution in [-0.4, -0.2) is 18.3 Å². The Kier molecular flexibility index (Phi) is 3.93. The number of benzene rings is 1. The number of aryl methyl sites for hydroxylation is 1. The van der Waals surface area contributed by atoms with E-state index in [1.54, 1.807) is 0 Å². The van der Waals surface area contributed by atoms with Gasteiger partial charge in [-0.1, -0.05) is 24.3 Å². The van der Waals surface area contributed by atoms with Crippen molar-refractivity contribution in [2.45, 2.75) is 38.6 Å². The topological polar surface area (TPSA) is 56.0 Å². The van der Waals surface area contributed by atoms with E-state index in [0.29, 0.717) is 0 Å². The van der Waals surface area contributed by atoms with Crippen LogP contribution in [0.3, 0.4) is 0 Å². The monoisotopic (exact) mass is 258 g/mol. The Labute approximate surface area is 115 Å². The molecule has 0 radical (unpaired) electrons. The zero-order chi connectivity index (χ0) is 13.9. The lowest BCUT2D eigenvalue weighted by atomic mass is 9.89. The number of aliphatic hydroxyl groups is 1. The van der Waals surface area contributed by atoms with Gasteiger partial charge in [-0.2, -0.15) is 5.26 Å². The summed E-state index contributed by atoms with van der Waals surface area (Å²) >= 11 is 0. The van der Waals surface area contributed by atoms with Crippen molar-refractivity contribution in [1.29, 1.82) is 5.26 Å². The summed E-state index contributed by atoms with van der Waals surface area (Å²) in [6, 6.07) is 10.6. The van der Waals surface area contributed by atoms with E-state index >= 15 is 0 Å². The van der Waals surface area contributed by atoms with E-state index in [1.165, 1.54) is 11.1 Å². The van der Waals surface area contributed by atoms with E-state index < -0.39 is 0 Å². The molecular formula is C16H22N2O. The number of hydrogen-bond acceptors (Lipinski definition) is 3. The van der Waals surface area contributed by atoms with Crippen LogP contribution >= 0.6 is 0 Å². The first-order chi connectivity index (χ1) is 9.03. The zero-order valence-electron chi connectivity index (χ0n) is 11.7. The largest absolute Gasteiger partial charge is 0.394 e. The molecule has 0 saturated carbocycles. The van der Waals surface area contributed by atoms with Gasteiger partial charge in [0.15, 0.2) is 0 Å². The predicted molar refractivity (Wildman–Crippen MR) is 75.5 cm³/mol. The molecule has 1 aromatic carbocycles. The van der Waals surface area contributed by atoms with Crippen molar-refractivity contribution in [2.75, 3.05) is 13.2 Å². The van der Waals surface area contributed by atoms with Crippen molar-refractivity contribution in [3.63, 3.8) is 0 Å². The first kappa shape index (κ1) is 14.0. The minimum atomic E-state index is -0.318. The molecule has 3 heteroatoms. The fraction of sp³-hybridized carbons (Fsp3) is 0.562. The van der Waals surface area contributed by atoms with Crippen LogP contribution in [0.5, 0.6) is 0 Å². The van der Waals surface area contributed by atoms with E-state index in [1.807, 2.05) is 26.0 Å². The van der Waals surface area contributed by atoms with Crippen molar-refractivity contribution in [2.24, 2.45) is 5.41 Å². The summed E-state index contributed by atoms with van der Waals surface area (Å²) in [7, 11) is 0. The maximum Gasteiger partial charge on any atom is 0.0684 e. The Balaban J connectivity index is 2.08. The summed E-state index contributed by atoms with van der Waals surface area (Å²) in [5.41, 5.74) is 1.90. The number of nitrogens with one attached hydrogen (secondary N) is 1. The van der Waals surface area contributed by atoms with Crippen molar-refractivity contribution >= 4 is 0 Å². The van der Waals surface area contributed by atoms with E-state index in [9.17, 15) is 5.11 Å². The molecule has 0 bridgehead atoms. The normalized spacial score (nSPS) is 22.0. The molecule has 0 spiro atoms. The second-order valence-corrected chi connectivity index (χ2v) is 6.07. The van der Waals surface area contributed by atoms with Gasteiger partial charge in [-0.15, -0.1) is 0 Å². The van der Waals surface area contributed by atoms with Crippen molar-refractivity contribution in [1.82, 2.24) is 5.32 Å². The lowest BCUT2D eigenvalue weighted by molar-refractivity contribution is 0.157. The summed E-state index contributed by atoms with van der Waals surface area (Å²) in [5, 5.41) is 22.4. The molecule has 2 rings (SSSR count). The summed E-state index contributed by atoms with van der Waals surface area (Å²) in [5.74, 6) is 0. The maximum absolute atomic E-state index is 9.82. The number of nitrogens with zero attached hydrogens (tertiary/aromatic N) is 1. The van der Waals surface area contributed by atoms with Gasteiger partial charge in [0.1, 0.15) is 0 Å². The maximum atomic E-state index is 9.82. The van der Waals surface area contributed by atoms with Gasteiger partial charge in [-0.3, -0.25) is 0 Å². The highest BCUT2D eigenvalue weighted by Gasteiger charge is 2.37. The fourth-order valence-electron chi connectivity index (χ4n) is 2.76.